The summed E-state index contributed by atoms with van der Waals surface area (Å²) in [5, 5.41) is 51.7. The maximum Gasteiger partial charge on any atom is 0.417 e. The molecule has 2 heterocycles. The third-order valence-corrected chi connectivity index (χ3v) is 9.71. The predicted molar refractivity (Wildman–Crippen MR) is 194 cm³/mol. The summed E-state index contributed by atoms with van der Waals surface area (Å²) < 4.78 is 88.7. The molecule has 0 fully saturated rings. The van der Waals surface area contributed by atoms with E-state index in [1.54, 1.807) is 69.8 Å². The highest BCUT2D eigenvalue weighted by Crippen LogP contribution is 2.45. The second kappa shape index (κ2) is 12.5. The zero-order valence-corrected chi connectivity index (χ0v) is 28.2. The van der Waals surface area contributed by atoms with E-state index in [0.29, 0.717) is 66.9 Å². The van der Waals surface area contributed by atoms with Crippen molar-refractivity contribution in [3.8, 4) is 52.8 Å². The maximum atomic E-state index is 14.7. The van der Waals surface area contributed by atoms with E-state index in [0.717, 1.165) is 0 Å². The lowest BCUT2D eigenvalue weighted by Gasteiger charge is -2.21. The lowest BCUT2D eigenvalue weighted by molar-refractivity contribution is -0.142. The number of hydrogen-bond acceptors (Lipinski definition) is 5. The van der Waals surface area contributed by atoms with Gasteiger partial charge in [-0.15, -0.1) is 0 Å². The van der Waals surface area contributed by atoms with Gasteiger partial charge in [0.15, 0.2) is 0 Å². The molecule has 266 valence electrons. The second-order valence-corrected chi connectivity index (χ2v) is 12.8. The molecule has 0 radical (unpaired) electrons. The normalized spacial score (nSPS) is 11.7. The van der Waals surface area contributed by atoms with Crippen LogP contribution in [0.1, 0.15) is 38.9 Å². The first-order valence-electron chi connectivity index (χ1n) is 16.4. The van der Waals surface area contributed by atoms with Crippen molar-refractivity contribution in [2.75, 3.05) is 0 Å². The lowest BCUT2D eigenvalue weighted by Crippen LogP contribution is -2.13. The van der Waals surface area contributed by atoms with Crippen LogP contribution in [-0.4, -0.2) is 9.13 Å². The quantitative estimate of drug-likeness (QED) is 0.166. The molecule has 0 aliphatic carbocycles. The zero-order valence-electron chi connectivity index (χ0n) is 28.2. The smallest absolute Gasteiger partial charge is 0.307 e. The highest BCUT2D eigenvalue weighted by atomic mass is 19.4. The molecule has 0 saturated heterocycles. The second-order valence-electron chi connectivity index (χ2n) is 12.8. The van der Waals surface area contributed by atoms with Crippen LogP contribution in [-0.2, 0) is 12.4 Å². The fourth-order valence-corrected chi connectivity index (χ4v) is 7.28. The summed E-state index contributed by atoms with van der Waals surface area (Å²) in [7, 11) is 0. The first-order chi connectivity index (χ1) is 26.8. The molecular formula is C43H17F6N7. The fourth-order valence-electron chi connectivity index (χ4n) is 7.28. The van der Waals surface area contributed by atoms with Crippen LogP contribution in [0.25, 0.3) is 66.1 Å². The monoisotopic (exact) mass is 745 g/mol. The summed E-state index contributed by atoms with van der Waals surface area (Å²) in [6.45, 7) is 0. The van der Waals surface area contributed by atoms with Gasteiger partial charge in [-0.2, -0.15) is 52.7 Å². The number of alkyl halides is 6. The van der Waals surface area contributed by atoms with Gasteiger partial charge >= 0.3 is 12.4 Å². The average Bonchev–Trinajstić information content (AvgIpc) is 3.70. The molecule has 7 nitrogen and oxygen atoms in total. The molecule has 0 bridgehead atoms. The Hall–Kier alpha value is -8.05. The van der Waals surface area contributed by atoms with Gasteiger partial charge in [0, 0.05) is 27.1 Å². The summed E-state index contributed by atoms with van der Waals surface area (Å²) in [4.78, 5) is 0. The highest BCUT2D eigenvalue weighted by Gasteiger charge is 2.39. The van der Waals surface area contributed by atoms with Gasteiger partial charge in [0.1, 0.15) is 0 Å². The Balaban J connectivity index is 1.59. The van der Waals surface area contributed by atoms with Crippen LogP contribution in [0, 0.1) is 56.7 Å². The Labute approximate surface area is 312 Å². The van der Waals surface area contributed by atoms with Gasteiger partial charge in [-0.05, 0) is 103 Å². The molecule has 0 atom stereocenters. The standard InChI is InChI=1S/C43H17F6N7/c44-42(45,46)28-5-6-29(35(16-28)43(47,48)49)30-17-41(56-38-9-3-25(20-52)13-33(38)34-14-26(21-53)4-10-39(34)56)40(15-27(30)22-54)55-36-7-1-23(18-50)11-31(36)32-12-24(19-51)2-8-37(32)55/h1-17H. The molecule has 0 N–H and O–H groups in total. The molecule has 6 aromatic carbocycles. The summed E-state index contributed by atoms with van der Waals surface area (Å²) in [5.74, 6) is 0. The van der Waals surface area contributed by atoms with E-state index in [-0.39, 0.29) is 39.7 Å². The maximum absolute atomic E-state index is 14.7. The van der Waals surface area contributed by atoms with Gasteiger partial charge < -0.3 is 9.13 Å². The van der Waals surface area contributed by atoms with Crippen LogP contribution in [0.5, 0.6) is 0 Å². The van der Waals surface area contributed by atoms with E-state index in [9.17, 15) is 52.7 Å². The average molecular weight is 746 g/mol. The van der Waals surface area contributed by atoms with E-state index < -0.39 is 29.0 Å². The van der Waals surface area contributed by atoms with Crippen molar-refractivity contribution in [2.24, 2.45) is 0 Å². The van der Waals surface area contributed by atoms with Gasteiger partial charge in [0.2, 0.25) is 0 Å². The number of rotatable bonds is 3. The lowest BCUT2D eigenvalue weighted by atomic mass is 9.92. The van der Waals surface area contributed by atoms with E-state index in [1.807, 2.05) is 6.07 Å². The largest absolute Gasteiger partial charge is 0.417 e. The number of nitrogens with zero attached hydrogens (tertiary/aromatic N) is 7. The van der Waals surface area contributed by atoms with Crippen LogP contribution < -0.4 is 0 Å². The van der Waals surface area contributed by atoms with Crippen molar-refractivity contribution in [3.05, 3.63) is 142 Å². The van der Waals surface area contributed by atoms with Crippen molar-refractivity contribution in [3.63, 3.8) is 0 Å². The first kappa shape index (κ1) is 35.0. The zero-order chi connectivity index (χ0) is 39.7. The van der Waals surface area contributed by atoms with Gasteiger partial charge in [-0.3, -0.25) is 0 Å². The van der Waals surface area contributed by atoms with E-state index in [1.165, 1.54) is 24.3 Å². The molecule has 56 heavy (non-hydrogen) atoms. The predicted octanol–water partition coefficient (Wildman–Crippen LogP) is 10.9. The molecule has 0 unspecified atom stereocenters. The SMILES string of the molecule is N#Cc1ccc2c(c1)c1cc(C#N)ccc1n2-c1cc(C#N)c(-c2ccc(C(F)(F)F)cc2C(F)(F)F)cc1-n1c2ccc(C#N)cc2c2cc(C#N)ccc21. The minimum atomic E-state index is -5.26. The van der Waals surface area contributed by atoms with E-state index >= 15 is 0 Å². The molecule has 0 amide bonds. The molecule has 0 aliphatic heterocycles. The topological polar surface area (TPSA) is 129 Å². The van der Waals surface area contributed by atoms with Gasteiger partial charge in [-0.1, -0.05) is 6.07 Å². The molecule has 0 spiro atoms. The summed E-state index contributed by atoms with van der Waals surface area (Å²) in [5.41, 5.74) is -0.928. The van der Waals surface area contributed by atoms with Crippen molar-refractivity contribution in [1.82, 2.24) is 9.13 Å². The number of nitriles is 5. The number of aromatic nitrogens is 2. The van der Waals surface area contributed by atoms with Crippen LogP contribution in [0.2, 0.25) is 0 Å². The number of benzene rings is 6. The molecule has 0 saturated carbocycles. The molecule has 13 heteroatoms. The number of fused-ring (bicyclic) bond motifs is 6. The summed E-state index contributed by atoms with van der Waals surface area (Å²) >= 11 is 0. The minimum Gasteiger partial charge on any atom is -0.307 e. The van der Waals surface area contributed by atoms with Crippen LogP contribution in [0.4, 0.5) is 26.3 Å². The molecular weight excluding hydrogens is 729 g/mol. The fraction of sp³-hybridized carbons (Fsp3) is 0.0465. The summed E-state index contributed by atoms with van der Waals surface area (Å²) in [6, 6.07) is 33.5. The van der Waals surface area contributed by atoms with E-state index in [2.05, 4.69) is 24.3 Å². The van der Waals surface area contributed by atoms with Crippen LogP contribution >= 0.6 is 0 Å². The van der Waals surface area contributed by atoms with Crippen molar-refractivity contribution in [2.45, 2.75) is 12.4 Å². The highest BCUT2D eigenvalue weighted by molar-refractivity contribution is 6.12. The summed E-state index contributed by atoms with van der Waals surface area (Å²) in [6.07, 6.45) is -10.4. The van der Waals surface area contributed by atoms with E-state index in [4.69, 9.17) is 0 Å². The minimum absolute atomic E-state index is 0.0177. The van der Waals surface area contributed by atoms with Gasteiger partial charge in [-0.25, -0.2) is 0 Å². The molecule has 8 aromatic rings. The molecule has 2 aromatic heterocycles. The Kier molecular flexibility index (Phi) is 7.83. The Morgan fingerprint density at radius 3 is 1.12 bits per heavy atom. The Morgan fingerprint density at radius 1 is 0.393 bits per heavy atom. The van der Waals surface area contributed by atoms with Crippen LogP contribution in [0.15, 0.2) is 103 Å². The van der Waals surface area contributed by atoms with Crippen molar-refractivity contribution < 1.29 is 26.3 Å². The first-order valence-corrected chi connectivity index (χ1v) is 16.4. The third kappa shape index (κ3) is 5.41. The third-order valence-electron chi connectivity index (χ3n) is 9.71. The van der Waals surface area contributed by atoms with Gasteiger partial charge in [0.05, 0.1) is 103 Å². The Bertz CT molecular complexity index is 3100. The number of halogens is 6. The Morgan fingerprint density at radius 2 is 0.786 bits per heavy atom. The molecule has 8 rings (SSSR count). The number of hydrogen-bond donors (Lipinski definition) is 0. The molecule has 0 aliphatic rings. The van der Waals surface area contributed by atoms with Crippen LogP contribution in [0.3, 0.4) is 0 Å². The van der Waals surface area contributed by atoms with Crippen molar-refractivity contribution in [1.29, 1.82) is 26.3 Å². The van der Waals surface area contributed by atoms with Crippen molar-refractivity contribution >= 4 is 43.6 Å². The van der Waals surface area contributed by atoms with Gasteiger partial charge in [0.25, 0.3) is 0 Å².